The van der Waals surface area contributed by atoms with Gasteiger partial charge in [-0.15, -0.1) is 0 Å². The van der Waals surface area contributed by atoms with Crippen LogP contribution in [0, 0.1) is 5.82 Å². The van der Waals surface area contributed by atoms with Crippen LogP contribution in [0.5, 0.6) is 0 Å². The van der Waals surface area contributed by atoms with Crippen LogP contribution in [-0.2, 0) is 16.6 Å². The van der Waals surface area contributed by atoms with Gasteiger partial charge in [0.05, 0.1) is 12.2 Å². The molecule has 7 nitrogen and oxygen atoms in total. The third kappa shape index (κ3) is 2.46. The molecule has 2 rings (SSSR count). The minimum Gasteiger partial charge on any atom is -0.398 e. The molecule has 2 aromatic rings. The maximum absolute atomic E-state index is 13.5. The molecule has 0 radical (unpaired) electrons. The van der Waals surface area contributed by atoms with E-state index in [1.54, 1.807) is 0 Å². The quantitative estimate of drug-likeness (QED) is 0.773. The maximum atomic E-state index is 13.5. The number of nitrogens with two attached hydrogens (primary N) is 1. The highest BCUT2D eigenvalue weighted by atomic mass is 32.2. The third-order valence-corrected chi connectivity index (χ3v) is 3.59. The van der Waals surface area contributed by atoms with Gasteiger partial charge in [0, 0.05) is 0 Å². The number of nitrogens with one attached hydrogen (secondary N) is 1. The highest BCUT2D eigenvalue weighted by molar-refractivity contribution is 7.89. The fourth-order valence-corrected chi connectivity index (χ4v) is 2.48. The van der Waals surface area contributed by atoms with E-state index in [0.717, 1.165) is 12.5 Å². The first-order chi connectivity index (χ1) is 8.50. The highest BCUT2D eigenvalue weighted by Gasteiger charge is 2.22. The SMILES string of the molecule is Nc1cccc(F)c1S(=O)(=O)NCc1ncon1. The molecule has 0 unspecified atom stereocenters. The topological polar surface area (TPSA) is 111 Å². The number of hydrogen-bond donors (Lipinski definition) is 2. The van der Waals surface area contributed by atoms with Crippen molar-refractivity contribution in [2.45, 2.75) is 11.4 Å². The molecule has 1 heterocycles. The summed E-state index contributed by atoms with van der Waals surface area (Å²) in [6.07, 6.45) is 1.06. The van der Waals surface area contributed by atoms with Crippen molar-refractivity contribution in [3.63, 3.8) is 0 Å². The van der Waals surface area contributed by atoms with Gasteiger partial charge in [0.15, 0.2) is 5.82 Å². The second-order valence-corrected chi connectivity index (χ2v) is 5.03. The van der Waals surface area contributed by atoms with Crippen molar-refractivity contribution < 1.29 is 17.3 Å². The maximum Gasteiger partial charge on any atom is 0.245 e. The molecule has 0 atom stereocenters. The standard InChI is InChI=1S/C9H9FN4O3S/c10-6-2-1-3-7(11)9(6)18(15,16)13-4-8-12-5-17-14-8/h1-3,5,13H,4,11H2. The van der Waals surface area contributed by atoms with Crippen molar-refractivity contribution in [1.82, 2.24) is 14.9 Å². The Bertz CT molecular complexity index is 622. The van der Waals surface area contributed by atoms with Crippen molar-refractivity contribution in [2.24, 2.45) is 0 Å². The largest absolute Gasteiger partial charge is 0.398 e. The molecule has 1 aromatic carbocycles. The van der Waals surface area contributed by atoms with E-state index in [-0.39, 0.29) is 18.1 Å². The summed E-state index contributed by atoms with van der Waals surface area (Å²) >= 11 is 0. The van der Waals surface area contributed by atoms with Gasteiger partial charge in [-0.3, -0.25) is 0 Å². The summed E-state index contributed by atoms with van der Waals surface area (Å²) < 4.78 is 43.7. The Balaban J connectivity index is 2.26. The van der Waals surface area contributed by atoms with Gasteiger partial charge in [0.1, 0.15) is 10.7 Å². The Morgan fingerprint density at radius 1 is 1.44 bits per heavy atom. The predicted octanol–water partition coefficient (Wildman–Crippen LogP) is 0.269. The van der Waals surface area contributed by atoms with E-state index < -0.39 is 20.7 Å². The molecule has 96 valence electrons. The Labute approximate surface area is 102 Å². The van der Waals surface area contributed by atoms with Crippen LogP contribution in [0.2, 0.25) is 0 Å². The predicted molar refractivity (Wildman–Crippen MR) is 59.1 cm³/mol. The zero-order valence-electron chi connectivity index (χ0n) is 9.00. The Morgan fingerprint density at radius 3 is 2.83 bits per heavy atom. The second-order valence-electron chi connectivity index (χ2n) is 3.33. The molecule has 0 aliphatic carbocycles. The second kappa shape index (κ2) is 4.70. The molecule has 9 heteroatoms. The first kappa shape index (κ1) is 12.5. The van der Waals surface area contributed by atoms with Crippen LogP contribution in [-0.4, -0.2) is 18.6 Å². The van der Waals surface area contributed by atoms with Crippen molar-refractivity contribution in [2.75, 3.05) is 5.73 Å². The van der Waals surface area contributed by atoms with Crippen LogP contribution in [0.1, 0.15) is 5.82 Å². The average molecular weight is 272 g/mol. The van der Waals surface area contributed by atoms with Gasteiger partial charge in [-0.25, -0.2) is 17.5 Å². The normalized spacial score (nSPS) is 11.6. The average Bonchev–Trinajstić information content (AvgIpc) is 2.78. The molecule has 0 aliphatic rings. The lowest BCUT2D eigenvalue weighted by Gasteiger charge is -2.08. The lowest BCUT2D eigenvalue weighted by atomic mass is 10.3. The Hall–Kier alpha value is -2.00. The minimum absolute atomic E-state index is 0.133. The van der Waals surface area contributed by atoms with E-state index in [1.807, 2.05) is 0 Å². The fraction of sp³-hybridized carbons (Fsp3) is 0.111. The summed E-state index contributed by atoms with van der Waals surface area (Å²) in [6, 6.07) is 3.63. The minimum atomic E-state index is -4.07. The number of hydrogen-bond acceptors (Lipinski definition) is 6. The first-order valence-corrected chi connectivity index (χ1v) is 6.28. The lowest BCUT2D eigenvalue weighted by Crippen LogP contribution is -2.25. The van der Waals surface area contributed by atoms with Gasteiger partial charge in [0.2, 0.25) is 16.4 Å². The van der Waals surface area contributed by atoms with Gasteiger partial charge in [-0.2, -0.15) is 4.98 Å². The number of sulfonamides is 1. The van der Waals surface area contributed by atoms with E-state index >= 15 is 0 Å². The summed E-state index contributed by atoms with van der Waals surface area (Å²) in [4.78, 5) is 3.04. The molecular formula is C9H9FN4O3S. The highest BCUT2D eigenvalue weighted by Crippen LogP contribution is 2.21. The fourth-order valence-electron chi connectivity index (χ4n) is 1.31. The van der Waals surface area contributed by atoms with Crippen LogP contribution in [0.3, 0.4) is 0 Å². The number of aromatic nitrogens is 2. The van der Waals surface area contributed by atoms with Crippen LogP contribution in [0.4, 0.5) is 10.1 Å². The molecule has 18 heavy (non-hydrogen) atoms. The number of nitrogen functional groups attached to an aromatic ring is 1. The van der Waals surface area contributed by atoms with Crippen LogP contribution < -0.4 is 10.5 Å². The van der Waals surface area contributed by atoms with E-state index in [0.29, 0.717) is 0 Å². The molecule has 3 N–H and O–H groups in total. The van der Waals surface area contributed by atoms with Crippen molar-refractivity contribution >= 4 is 15.7 Å². The summed E-state index contributed by atoms with van der Waals surface area (Å²) in [6.45, 7) is -0.216. The molecule has 0 saturated carbocycles. The molecule has 0 fully saturated rings. The number of rotatable bonds is 4. The van der Waals surface area contributed by atoms with Crippen molar-refractivity contribution in [3.8, 4) is 0 Å². The molecule has 1 aromatic heterocycles. The number of anilines is 1. The van der Waals surface area contributed by atoms with E-state index in [2.05, 4.69) is 19.4 Å². The van der Waals surface area contributed by atoms with Crippen molar-refractivity contribution in [3.05, 3.63) is 36.2 Å². The molecule has 0 amide bonds. The van der Waals surface area contributed by atoms with Crippen LogP contribution in [0.25, 0.3) is 0 Å². The third-order valence-electron chi connectivity index (χ3n) is 2.09. The monoisotopic (exact) mass is 272 g/mol. The van der Waals surface area contributed by atoms with Gasteiger partial charge in [-0.05, 0) is 12.1 Å². The number of halogens is 1. The zero-order valence-corrected chi connectivity index (χ0v) is 9.82. The van der Waals surface area contributed by atoms with Gasteiger partial charge < -0.3 is 10.3 Å². The van der Waals surface area contributed by atoms with Crippen molar-refractivity contribution in [1.29, 1.82) is 0 Å². The molecule has 0 spiro atoms. The Kier molecular flexibility index (Phi) is 3.26. The number of benzene rings is 1. The summed E-state index contributed by atoms with van der Waals surface area (Å²) in [5.41, 5.74) is 5.28. The van der Waals surface area contributed by atoms with E-state index in [1.165, 1.54) is 12.1 Å². The van der Waals surface area contributed by atoms with Gasteiger partial charge >= 0.3 is 0 Å². The Morgan fingerprint density at radius 2 is 2.22 bits per heavy atom. The molecule has 0 aliphatic heterocycles. The molecule has 0 saturated heterocycles. The van der Waals surface area contributed by atoms with Gasteiger partial charge in [0.25, 0.3) is 0 Å². The smallest absolute Gasteiger partial charge is 0.245 e. The molecular weight excluding hydrogens is 263 g/mol. The summed E-state index contributed by atoms with van der Waals surface area (Å²) in [5.74, 6) is -0.788. The summed E-state index contributed by atoms with van der Waals surface area (Å²) in [5, 5.41) is 3.42. The lowest BCUT2D eigenvalue weighted by molar-refractivity contribution is 0.409. The van der Waals surface area contributed by atoms with E-state index in [4.69, 9.17) is 5.73 Å². The zero-order chi connectivity index (χ0) is 13.2. The van der Waals surface area contributed by atoms with Gasteiger partial charge in [-0.1, -0.05) is 11.2 Å². The van der Waals surface area contributed by atoms with Crippen LogP contribution in [0.15, 0.2) is 34.0 Å². The summed E-state index contributed by atoms with van der Waals surface area (Å²) in [7, 11) is -4.07. The molecule has 0 bridgehead atoms. The van der Waals surface area contributed by atoms with Crippen LogP contribution >= 0.6 is 0 Å². The number of nitrogens with zero attached hydrogens (tertiary/aromatic N) is 2. The first-order valence-electron chi connectivity index (χ1n) is 4.79. The van der Waals surface area contributed by atoms with E-state index in [9.17, 15) is 12.8 Å².